The number of likely N-dealkylation sites (N-methyl/N-ethyl adjacent to an activating group) is 4. The normalized spacial score (nSPS) is 6.19. The summed E-state index contributed by atoms with van der Waals surface area (Å²) in [5.41, 5.74) is 0. The topological polar surface area (TPSA) is 13.0 Å². The van der Waals surface area contributed by atoms with Crippen LogP contribution in [0.25, 0.3) is 0 Å². The van der Waals surface area contributed by atoms with Crippen LogP contribution in [0, 0.1) is 0 Å². The van der Waals surface area contributed by atoms with Gasteiger partial charge in [0.2, 0.25) is 0 Å². The fourth-order valence-electron chi connectivity index (χ4n) is 1.31. The molecule has 0 aromatic carbocycles. The predicted octanol–water partition coefficient (Wildman–Crippen LogP) is 10.2. The summed E-state index contributed by atoms with van der Waals surface area (Å²) in [7, 11) is 12.9. The van der Waals surface area contributed by atoms with E-state index in [1.54, 1.807) is 0 Å². The average Bonchev–Trinajstić information content (AvgIpc) is 2.20. The number of hydrogen-bond donors (Lipinski definition) is 0. The molecule has 0 atom stereocenters. The molecular weight excluding hydrogens is 392 g/mol. The second-order valence-corrected chi connectivity index (χ2v) is 5.21. The minimum Gasteiger partial charge on any atom is -0.308 e. The van der Waals surface area contributed by atoms with Gasteiger partial charge in [-0.25, -0.2) is 0 Å². The zero-order valence-electron chi connectivity index (χ0n) is 12.0. The lowest BCUT2D eigenvalue weighted by molar-refractivity contribution is 0.225. The summed E-state index contributed by atoms with van der Waals surface area (Å²) in [5.74, 6) is 0. The molecule has 0 saturated heterocycles. The van der Waals surface area contributed by atoms with Gasteiger partial charge in [-0.05, 0) is 42.3 Å². The Hall–Kier alpha value is -0.160. The summed E-state index contributed by atoms with van der Waals surface area (Å²) >= 11 is 0. The smallest absolute Gasteiger partial charge is 0.0107 e. The maximum atomic E-state index is 2.40. The molecule has 0 N–H and O–H groups in total. The van der Waals surface area contributed by atoms with Gasteiger partial charge in [0.1, 0.15) is 0 Å². The first-order chi connectivity index (χ1) is 7.41. The number of nitrogens with zero attached hydrogens (tertiary/aromatic N) is 4. The fraction of sp³-hybridized carbons (Fsp3) is 1.00. The van der Waals surface area contributed by atoms with Crippen LogP contribution >= 0.6 is 0 Å². The molecule has 0 aromatic rings. The molecule has 0 amide bonds. The van der Waals surface area contributed by atoms with Gasteiger partial charge >= 0.3 is 0 Å². The maximum Gasteiger partial charge on any atom is 0.0107 e. The lowest BCUT2D eigenvalue weighted by atomic mass is 10.4. The highest BCUT2D eigenvalue weighted by Gasteiger charge is 2.02. The van der Waals surface area contributed by atoms with Gasteiger partial charge in [0.05, 0.1) is 0 Å². The molecule has 0 heterocycles. The Kier molecular flexibility index (Phi) is 371. The van der Waals surface area contributed by atoms with E-state index in [9.17, 15) is 0 Å². The van der Waals surface area contributed by atoms with Crippen LogP contribution in [-0.2, 0) is 0 Å². The highest BCUT2D eigenvalue weighted by atomic mass is 15.2. The first-order valence-corrected chi connectivity index (χ1v) is 6.08. The Balaban J connectivity index is -0.00000000937. The quantitative estimate of drug-likeness (QED) is 0.321. The molecule has 0 radical (unpaired) electrons. The molecule has 0 aromatic heterocycles. The SMILES string of the molecule is C.C.C.C.C.C.C.C.C.C.C.C.C.C.C.C.CN(C)CCN(C)CCN(C)CCN(C)C. The Morgan fingerprint density at radius 1 is 0.250 bits per heavy atom. The molecular formula is C28H94N4. The molecule has 4 nitrogen and oxygen atoms in total. The van der Waals surface area contributed by atoms with E-state index in [0.29, 0.717) is 0 Å². The zero-order chi connectivity index (χ0) is 12.6. The van der Waals surface area contributed by atoms with Gasteiger partial charge in [-0.15, -0.1) is 0 Å². The van der Waals surface area contributed by atoms with Gasteiger partial charge in [0.15, 0.2) is 0 Å². The molecule has 0 bridgehead atoms. The van der Waals surface area contributed by atoms with Crippen molar-refractivity contribution >= 4 is 0 Å². The molecule has 0 saturated carbocycles. The third-order valence-electron chi connectivity index (χ3n) is 2.72. The molecule has 4 heteroatoms. The second kappa shape index (κ2) is 86.3. The second-order valence-electron chi connectivity index (χ2n) is 5.21. The average molecular weight is 487 g/mol. The Labute approximate surface area is 220 Å². The molecule has 0 aliphatic carbocycles. The monoisotopic (exact) mass is 487 g/mol. The highest BCUT2D eigenvalue weighted by molar-refractivity contribution is 4.59. The van der Waals surface area contributed by atoms with Crippen molar-refractivity contribution < 1.29 is 0 Å². The maximum absolute atomic E-state index is 2.40. The number of rotatable bonds is 9. The minimum absolute atomic E-state index is 0. The minimum atomic E-state index is 0. The summed E-state index contributed by atoms with van der Waals surface area (Å²) in [5, 5.41) is 0. The molecule has 0 aliphatic heterocycles. The third-order valence-corrected chi connectivity index (χ3v) is 2.72. The van der Waals surface area contributed by atoms with Crippen LogP contribution in [0.1, 0.15) is 119 Å². The van der Waals surface area contributed by atoms with E-state index < -0.39 is 0 Å². The first kappa shape index (κ1) is 138. The van der Waals surface area contributed by atoms with Crippen LogP contribution in [0.4, 0.5) is 0 Å². The summed E-state index contributed by atoms with van der Waals surface area (Å²) in [6, 6.07) is 0. The van der Waals surface area contributed by atoms with E-state index in [1.807, 2.05) is 0 Å². The predicted molar refractivity (Wildman–Crippen MR) is 180 cm³/mol. The van der Waals surface area contributed by atoms with E-state index >= 15 is 0 Å². The molecule has 0 fully saturated rings. The third kappa shape index (κ3) is 113. The van der Waals surface area contributed by atoms with Crippen molar-refractivity contribution in [3.8, 4) is 0 Å². The fourth-order valence-corrected chi connectivity index (χ4v) is 1.31. The number of hydrogen-bond acceptors (Lipinski definition) is 4. The van der Waals surface area contributed by atoms with E-state index in [4.69, 9.17) is 0 Å². The Bertz CT molecular complexity index is 146. The van der Waals surface area contributed by atoms with Crippen molar-refractivity contribution in [2.75, 3.05) is 81.6 Å². The lowest BCUT2D eigenvalue weighted by Crippen LogP contribution is -2.37. The molecule has 0 unspecified atom stereocenters. The van der Waals surface area contributed by atoms with Crippen molar-refractivity contribution in [1.29, 1.82) is 0 Å². The molecule has 0 rings (SSSR count). The van der Waals surface area contributed by atoms with E-state index in [0.717, 1.165) is 39.3 Å². The lowest BCUT2D eigenvalue weighted by Gasteiger charge is -2.24. The molecule has 0 spiro atoms. The van der Waals surface area contributed by atoms with Crippen molar-refractivity contribution in [1.82, 2.24) is 19.6 Å². The standard InChI is InChI=1S/C12H30N4.16CH4/c1-13(2)7-9-15(5)11-12-16(6)10-8-14(3)4;;;;;;;;;;;;;;;;/h7-12H2,1-6H3;16*1H4. The van der Waals surface area contributed by atoms with Crippen molar-refractivity contribution in [2.45, 2.75) is 119 Å². The largest absolute Gasteiger partial charge is 0.308 e. The van der Waals surface area contributed by atoms with Crippen LogP contribution in [0.3, 0.4) is 0 Å². The van der Waals surface area contributed by atoms with Gasteiger partial charge in [-0.3, -0.25) is 0 Å². The van der Waals surface area contributed by atoms with Crippen LogP contribution in [0.5, 0.6) is 0 Å². The van der Waals surface area contributed by atoms with Gasteiger partial charge < -0.3 is 19.6 Å². The summed E-state index contributed by atoms with van der Waals surface area (Å²) in [6.07, 6.45) is 0. The van der Waals surface area contributed by atoms with E-state index in [2.05, 4.69) is 61.9 Å². The first-order valence-electron chi connectivity index (χ1n) is 6.08. The van der Waals surface area contributed by atoms with Crippen LogP contribution in [0.2, 0.25) is 0 Å². The molecule has 32 heavy (non-hydrogen) atoms. The summed E-state index contributed by atoms with van der Waals surface area (Å²) < 4.78 is 0. The van der Waals surface area contributed by atoms with Crippen molar-refractivity contribution in [3.05, 3.63) is 0 Å². The van der Waals surface area contributed by atoms with Crippen molar-refractivity contribution in [3.63, 3.8) is 0 Å². The van der Waals surface area contributed by atoms with Gasteiger partial charge in [-0.2, -0.15) is 0 Å². The van der Waals surface area contributed by atoms with Crippen molar-refractivity contribution in [2.24, 2.45) is 0 Å². The Morgan fingerprint density at radius 3 is 0.500 bits per heavy atom. The summed E-state index contributed by atoms with van der Waals surface area (Å²) in [6.45, 7) is 6.87. The molecule has 226 valence electrons. The highest BCUT2D eigenvalue weighted by Crippen LogP contribution is 1.88. The Morgan fingerprint density at radius 2 is 0.375 bits per heavy atom. The zero-order valence-corrected chi connectivity index (χ0v) is 12.0. The van der Waals surface area contributed by atoms with Crippen LogP contribution in [0.15, 0.2) is 0 Å². The van der Waals surface area contributed by atoms with Gasteiger partial charge in [0.25, 0.3) is 0 Å². The van der Waals surface area contributed by atoms with Crippen LogP contribution in [-0.4, -0.2) is 101 Å². The van der Waals surface area contributed by atoms with Crippen LogP contribution < -0.4 is 0 Å². The van der Waals surface area contributed by atoms with Gasteiger partial charge in [-0.1, -0.05) is 119 Å². The summed E-state index contributed by atoms with van der Waals surface area (Å²) in [4.78, 5) is 9.25. The van der Waals surface area contributed by atoms with E-state index in [-0.39, 0.29) is 119 Å². The molecule has 0 aliphatic rings. The van der Waals surface area contributed by atoms with Gasteiger partial charge in [0, 0.05) is 39.3 Å². The van der Waals surface area contributed by atoms with E-state index in [1.165, 1.54) is 0 Å².